The van der Waals surface area contributed by atoms with Gasteiger partial charge in [-0.05, 0) is 116 Å². The quantitative estimate of drug-likeness (QED) is 0.0427. The van der Waals surface area contributed by atoms with Gasteiger partial charge >= 0.3 is 0 Å². The average Bonchev–Trinajstić information content (AvgIpc) is 3.25. The van der Waals surface area contributed by atoms with Crippen LogP contribution >= 0.6 is 0 Å². The van der Waals surface area contributed by atoms with E-state index in [1.807, 2.05) is 6.08 Å². The van der Waals surface area contributed by atoms with E-state index >= 15 is 0 Å². The first kappa shape index (κ1) is 55.8. The summed E-state index contributed by atoms with van der Waals surface area (Å²) in [4.78, 5) is 12.3. The third kappa shape index (κ3) is 44.8. The van der Waals surface area contributed by atoms with E-state index in [0.717, 1.165) is 135 Å². The predicted molar refractivity (Wildman–Crippen MR) is 266 cm³/mol. The Morgan fingerprint density at radius 3 is 1.13 bits per heavy atom. The van der Waals surface area contributed by atoms with Crippen LogP contribution in [0.15, 0.2) is 170 Å². The van der Waals surface area contributed by atoms with Crippen molar-refractivity contribution < 1.29 is 15.0 Å². The topological polar surface area (TPSA) is 69.6 Å². The van der Waals surface area contributed by atoms with Gasteiger partial charge in [0.25, 0.3) is 0 Å². The second kappa shape index (κ2) is 49.1. The molecule has 332 valence electrons. The summed E-state index contributed by atoms with van der Waals surface area (Å²) in [5, 5.41) is 22.7. The molecule has 3 N–H and O–H groups in total. The molecule has 0 rings (SSSR count). The van der Waals surface area contributed by atoms with Crippen LogP contribution in [0.5, 0.6) is 0 Å². The molecule has 0 heterocycles. The number of amides is 1. The minimum atomic E-state index is -0.881. The lowest BCUT2D eigenvalue weighted by Crippen LogP contribution is -2.45. The maximum absolute atomic E-state index is 12.3. The van der Waals surface area contributed by atoms with Crippen LogP contribution in [0.1, 0.15) is 155 Å². The number of rotatable bonds is 39. The smallest absolute Gasteiger partial charge is 0.220 e. The number of aliphatic hydroxyl groups is 2. The van der Waals surface area contributed by atoms with E-state index in [-0.39, 0.29) is 12.5 Å². The highest BCUT2D eigenvalue weighted by molar-refractivity contribution is 5.76. The predicted octanol–water partition coefficient (Wildman–Crippen LogP) is 15.2. The van der Waals surface area contributed by atoms with Gasteiger partial charge in [-0.2, -0.15) is 0 Å². The van der Waals surface area contributed by atoms with Crippen LogP contribution in [-0.2, 0) is 4.79 Å². The van der Waals surface area contributed by atoms with Crippen LogP contribution in [-0.4, -0.2) is 34.9 Å². The molecule has 0 aromatic heterocycles. The largest absolute Gasteiger partial charge is 0.394 e. The number of carbonyl (C=O) groups is 1. The zero-order valence-electron chi connectivity index (χ0n) is 37.9. The number of allylic oxidation sites excluding steroid dienone is 27. The van der Waals surface area contributed by atoms with Crippen molar-refractivity contribution in [2.24, 2.45) is 0 Å². The second-order valence-corrected chi connectivity index (χ2v) is 14.7. The molecule has 2 atom stereocenters. The molecule has 0 aliphatic heterocycles. The number of aliphatic hydroxyl groups excluding tert-OH is 2. The first-order valence-electron chi connectivity index (χ1n) is 23.3. The standard InChI is InChI=1S/C56H85NO3/c1-3-5-7-9-11-12-13-14-15-16-17-18-19-20-21-22-23-24-25-26-27-28-29-30-31-32-33-34-35-36-37-38-39-40-41-42-43-44-46-48-50-52-56(60)57-54(53-58)55(59)51-49-47-45-10-8-6-4-2/h5,7-8,10-12,14-15,17-18,20-21,23-24,26-27,29-30,32-33,35-36,38-39,41-42,49,51,54-55,58-59H,3-4,6,9,13,16,19,22,25,28,31,34,37,40,43-48,50,52-53H2,1-2H3,(H,57,60)/b7-5-,10-8+,12-11-,15-14-,18-17-,21-20-,24-23-,27-26-,30-29-,33-32-,36-35-,39-38-,42-41-,51-49+. The zero-order valence-corrected chi connectivity index (χ0v) is 37.9. The highest BCUT2D eigenvalue weighted by atomic mass is 16.3. The Morgan fingerprint density at radius 2 is 0.750 bits per heavy atom. The van der Waals surface area contributed by atoms with Crippen molar-refractivity contribution in [1.82, 2.24) is 5.32 Å². The molecule has 0 saturated carbocycles. The Hall–Kier alpha value is -4.25. The molecular weight excluding hydrogens is 735 g/mol. The van der Waals surface area contributed by atoms with Gasteiger partial charge in [0, 0.05) is 6.42 Å². The highest BCUT2D eigenvalue weighted by Gasteiger charge is 2.17. The van der Waals surface area contributed by atoms with Gasteiger partial charge in [0.1, 0.15) is 0 Å². The lowest BCUT2D eigenvalue weighted by molar-refractivity contribution is -0.123. The molecule has 0 spiro atoms. The van der Waals surface area contributed by atoms with Gasteiger partial charge in [-0.15, -0.1) is 0 Å². The number of hydrogen-bond donors (Lipinski definition) is 3. The van der Waals surface area contributed by atoms with Gasteiger partial charge in [0.15, 0.2) is 0 Å². The summed E-state index contributed by atoms with van der Waals surface area (Å²) in [6, 6.07) is -0.662. The minimum absolute atomic E-state index is 0.113. The fourth-order valence-electron chi connectivity index (χ4n) is 5.65. The van der Waals surface area contributed by atoms with E-state index in [1.54, 1.807) is 6.08 Å². The first-order valence-corrected chi connectivity index (χ1v) is 23.3. The Labute approximate surface area is 368 Å². The number of carbonyl (C=O) groups excluding carboxylic acids is 1. The molecule has 2 unspecified atom stereocenters. The third-order valence-corrected chi connectivity index (χ3v) is 9.16. The molecule has 0 aliphatic rings. The summed E-state index contributed by atoms with van der Waals surface area (Å²) in [6.07, 6.45) is 82.1. The Morgan fingerprint density at radius 1 is 0.417 bits per heavy atom. The summed E-state index contributed by atoms with van der Waals surface area (Å²) in [5.74, 6) is -0.113. The third-order valence-electron chi connectivity index (χ3n) is 9.16. The maximum atomic E-state index is 12.3. The monoisotopic (exact) mass is 820 g/mol. The van der Waals surface area contributed by atoms with Crippen molar-refractivity contribution in [2.75, 3.05) is 6.61 Å². The summed E-state index contributed by atoms with van der Waals surface area (Å²) in [7, 11) is 0. The SMILES string of the molecule is CC/C=C\C/C=C\C/C=C\C/C=C\C/C=C\C/C=C\C/C=C\C/C=C\C/C=C\C/C=C\C/C=C\C/C=C\CCCCCCC(=O)NC(CO)C(O)/C=C/CC/C=C/CCC. The van der Waals surface area contributed by atoms with Crippen molar-refractivity contribution in [1.29, 1.82) is 0 Å². The van der Waals surface area contributed by atoms with E-state index in [0.29, 0.717) is 6.42 Å². The molecule has 60 heavy (non-hydrogen) atoms. The first-order chi connectivity index (χ1) is 29.7. The van der Waals surface area contributed by atoms with E-state index in [1.165, 1.54) is 0 Å². The van der Waals surface area contributed by atoms with E-state index in [2.05, 4.69) is 177 Å². The molecule has 0 saturated heterocycles. The van der Waals surface area contributed by atoms with Crippen molar-refractivity contribution in [3.8, 4) is 0 Å². The fraction of sp³-hybridized carbons (Fsp3) is 0.482. The van der Waals surface area contributed by atoms with Gasteiger partial charge in [-0.1, -0.05) is 203 Å². The second-order valence-electron chi connectivity index (χ2n) is 14.7. The fourth-order valence-corrected chi connectivity index (χ4v) is 5.65. The van der Waals surface area contributed by atoms with Crippen LogP contribution in [0.3, 0.4) is 0 Å². The molecule has 0 radical (unpaired) electrons. The number of hydrogen-bond acceptors (Lipinski definition) is 3. The van der Waals surface area contributed by atoms with Gasteiger partial charge < -0.3 is 15.5 Å². The normalized spacial score (nSPS) is 14.5. The van der Waals surface area contributed by atoms with Crippen molar-refractivity contribution >= 4 is 5.91 Å². The molecule has 0 fully saturated rings. The minimum Gasteiger partial charge on any atom is -0.394 e. The lowest BCUT2D eigenvalue weighted by Gasteiger charge is -2.19. The highest BCUT2D eigenvalue weighted by Crippen LogP contribution is 2.08. The van der Waals surface area contributed by atoms with E-state index in [4.69, 9.17) is 0 Å². The van der Waals surface area contributed by atoms with Crippen molar-refractivity contribution in [2.45, 2.75) is 167 Å². The van der Waals surface area contributed by atoms with Crippen molar-refractivity contribution in [3.05, 3.63) is 170 Å². The molecule has 0 bridgehead atoms. The summed E-state index contributed by atoms with van der Waals surface area (Å²) >= 11 is 0. The summed E-state index contributed by atoms with van der Waals surface area (Å²) in [6.45, 7) is 4.03. The molecule has 4 nitrogen and oxygen atoms in total. The molecule has 0 aromatic rings. The van der Waals surface area contributed by atoms with Crippen LogP contribution in [0.4, 0.5) is 0 Å². The molecule has 4 heteroatoms. The summed E-state index contributed by atoms with van der Waals surface area (Å²) < 4.78 is 0. The average molecular weight is 820 g/mol. The van der Waals surface area contributed by atoms with E-state index in [9.17, 15) is 15.0 Å². The Bertz CT molecular complexity index is 1390. The lowest BCUT2D eigenvalue weighted by atomic mass is 10.1. The maximum Gasteiger partial charge on any atom is 0.220 e. The van der Waals surface area contributed by atoms with Crippen LogP contribution in [0.2, 0.25) is 0 Å². The molecular formula is C56H85NO3. The number of unbranched alkanes of at least 4 members (excludes halogenated alkanes) is 6. The van der Waals surface area contributed by atoms with Gasteiger partial charge in [0.2, 0.25) is 5.91 Å². The van der Waals surface area contributed by atoms with Gasteiger partial charge in [0.05, 0.1) is 18.8 Å². The van der Waals surface area contributed by atoms with Crippen molar-refractivity contribution in [3.63, 3.8) is 0 Å². The molecule has 0 aromatic carbocycles. The zero-order chi connectivity index (χ0) is 43.5. The van der Waals surface area contributed by atoms with Crippen LogP contribution in [0, 0.1) is 0 Å². The van der Waals surface area contributed by atoms with Gasteiger partial charge in [-0.3, -0.25) is 4.79 Å². The van der Waals surface area contributed by atoms with Crippen LogP contribution < -0.4 is 5.32 Å². The summed E-state index contributed by atoms with van der Waals surface area (Å²) in [5.41, 5.74) is 0. The molecule has 0 aliphatic carbocycles. The van der Waals surface area contributed by atoms with Gasteiger partial charge in [-0.25, -0.2) is 0 Å². The Balaban J connectivity index is 3.73. The number of nitrogens with one attached hydrogen (secondary N) is 1. The van der Waals surface area contributed by atoms with E-state index < -0.39 is 12.1 Å². The van der Waals surface area contributed by atoms with Crippen LogP contribution in [0.25, 0.3) is 0 Å². The Kier molecular flexibility index (Phi) is 45.6. The molecule has 1 amide bonds.